The third kappa shape index (κ3) is 3.33. The van der Waals surface area contributed by atoms with E-state index in [9.17, 15) is 4.79 Å². The average molecular weight is 318 g/mol. The van der Waals surface area contributed by atoms with Gasteiger partial charge in [0.2, 0.25) is 5.95 Å². The molecule has 2 aromatic rings. The molecule has 0 bridgehead atoms. The molecule has 1 aliphatic rings. The van der Waals surface area contributed by atoms with Crippen LogP contribution in [-0.2, 0) is 6.54 Å². The number of hydrogen-bond acceptors (Lipinski definition) is 6. The van der Waals surface area contributed by atoms with Crippen molar-refractivity contribution in [3.63, 3.8) is 0 Å². The van der Waals surface area contributed by atoms with E-state index in [1.807, 2.05) is 11.8 Å². The number of aromatic nitrogens is 3. The van der Waals surface area contributed by atoms with Crippen molar-refractivity contribution in [1.29, 1.82) is 0 Å². The van der Waals surface area contributed by atoms with Gasteiger partial charge in [-0.25, -0.2) is 19.7 Å². The third-order valence-electron chi connectivity index (χ3n) is 3.65. The van der Waals surface area contributed by atoms with Gasteiger partial charge >= 0.3 is 6.03 Å². The number of nitrogens with zero attached hydrogens (tertiary/aromatic N) is 5. The van der Waals surface area contributed by atoms with Crippen LogP contribution in [0.25, 0.3) is 0 Å². The van der Waals surface area contributed by atoms with E-state index in [4.69, 9.17) is 0 Å². The lowest BCUT2D eigenvalue weighted by atomic mass is 10.3. The minimum Gasteiger partial charge on any atom is -0.337 e. The van der Waals surface area contributed by atoms with E-state index in [0.717, 1.165) is 29.6 Å². The van der Waals surface area contributed by atoms with Crippen molar-refractivity contribution in [2.45, 2.75) is 13.5 Å². The number of nitrogens with one attached hydrogen (secondary N) is 1. The van der Waals surface area contributed by atoms with Gasteiger partial charge in [0.25, 0.3) is 0 Å². The first kappa shape index (κ1) is 14.7. The summed E-state index contributed by atoms with van der Waals surface area (Å²) < 4.78 is 0. The Morgan fingerprint density at radius 1 is 1.23 bits per heavy atom. The van der Waals surface area contributed by atoms with E-state index in [-0.39, 0.29) is 6.03 Å². The minimum absolute atomic E-state index is 0.0265. The normalized spacial score (nSPS) is 15.0. The maximum absolute atomic E-state index is 12.2. The lowest BCUT2D eigenvalue weighted by molar-refractivity contribution is 0.193. The maximum atomic E-state index is 12.2. The van der Waals surface area contributed by atoms with Crippen LogP contribution in [-0.4, -0.2) is 52.1 Å². The predicted octanol–water partition coefficient (Wildman–Crippen LogP) is 1.27. The molecular formula is C14H18N6OS. The molecule has 0 radical (unpaired) electrons. The molecule has 2 amide bonds. The van der Waals surface area contributed by atoms with Crippen LogP contribution in [0.2, 0.25) is 0 Å². The third-order valence-corrected chi connectivity index (χ3v) is 4.58. The second-order valence-corrected chi connectivity index (χ2v) is 5.98. The van der Waals surface area contributed by atoms with Crippen LogP contribution in [0.5, 0.6) is 0 Å². The molecule has 2 aromatic heterocycles. The number of carbonyl (C=O) groups is 1. The van der Waals surface area contributed by atoms with Crippen molar-refractivity contribution in [2.24, 2.45) is 0 Å². The molecule has 22 heavy (non-hydrogen) atoms. The van der Waals surface area contributed by atoms with Crippen LogP contribution in [0.3, 0.4) is 0 Å². The standard InChI is InChI=1S/C14H18N6OS/c1-11-12(22-10-18-11)9-17-14(21)20-7-5-19(6-8-20)13-15-3-2-4-16-13/h2-4,10H,5-9H2,1H3,(H,17,21). The number of thiazole rings is 1. The molecule has 0 saturated carbocycles. The first-order valence-electron chi connectivity index (χ1n) is 7.18. The zero-order valence-corrected chi connectivity index (χ0v) is 13.2. The number of urea groups is 1. The first-order valence-corrected chi connectivity index (χ1v) is 8.05. The van der Waals surface area contributed by atoms with Gasteiger partial charge in [0.05, 0.1) is 17.7 Å². The molecule has 0 atom stereocenters. The second-order valence-electron chi connectivity index (χ2n) is 5.04. The van der Waals surface area contributed by atoms with Gasteiger partial charge < -0.3 is 15.1 Å². The Kier molecular flexibility index (Phi) is 4.47. The second kappa shape index (κ2) is 6.69. The Hall–Kier alpha value is -2.22. The van der Waals surface area contributed by atoms with Gasteiger partial charge in [0, 0.05) is 43.4 Å². The molecule has 0 aromatic carbocycles. The Balaban J connectivity index is 1.49. The van der Waals surface area contributed by atoms with Crippen LogP contribution in [0.1, 0.15) is 10.6 Å². The number of piperazine rings is 1. The van der Waals surface area contributed by atoms with E-state index < -0.39 is 0 Å². The van der Waals surface area contributed by atoms with Gasteiger partial charge in [0.15, 0.2) is 0 Å². The summed E-state index contributed by atoms with van der Waals surface area (Å²) in [6, 6.07) is 1.77. The molecule has 7 nitrogen and oxygen atoms in total. The van der Waals surface area contributed by atoms with Crippen molar-refractivity contribution in [2.75, 3.05) is 31.1 Å². The first-order chi connectivity index (χ1) is 10.7. The number of amides is 2. The summed E-state index contributed by atoms with van der Waals surface area (Å²) in [6.07, 6.45) is 3.47. The van der Waals surface area contributed by atoms with E-state index in [2.05, 4.69) is 25.2 Å². The Labute approximate surface area is 133 Å². The van der Waals surface area contributed by atoms with E-state index >= 15 is 0 Å². The highest BCUT2D eigenvalue weighted by molar-refractivity contribution is 7.09. The van der Waals surface area contributed by atoms with Crippen molar-refractivity contribution in [3.05, 3.63) is 34.5 Å². The van der Waals surface area contributed by atoms with Crippen LogP contribution in [0.15, 0.2) is 24.0 Å². The molecule has 0 spiro atoms. The number of anilines is 1. The number of hydrogen-bond donors (Lipinski definition) is 1. The summed E-state index contributed by atoms with van der Waals surface area (Å²) >= 11 is 1.57. The average Bonchev–Trinajstić information content (AvgIpc) is 2.99. The largest absolute Gasteiger partial charge is 0.337 e. The molecule has 8 heteroatoms. The van der Waals surface area contributed by atoms with Crippen molar-refractivity contribution >= 4 is 23.3 Å². The van der Waals surface area contributed by atoms with Gasteiger partial charge in [-0.3, -0.25) is 0 Å². The fraction of sp³-hybridized carbons (Fsp3) is 0.429. The number of rotatable bonds is 3. The fourth-order valence-corrected chi connectivity index (χ4v) is 3.04. The zero-order chi connectivity index (χ0) is 15.4. The maximum Gasteiger partial charge on any atom is 0.317 e. The molecule has 3 rings (SSSR count). The minimum atomic E-state index is -0.0265. The van der Waals surface area contributed by atoms with Gasteiger partial charge in [0.1, 0.15) is 0 Å². The molecular weight excluding hydrogens is 300 g/mol. The summed E-state index contributed by atoms with van der Waals surface area (Å²) in [6.45, 7) is 5.33. The Morgan fingerprint density at radius 2 is 1.95 bits per heavy atom. The van der Waals surface area contributed by atoms with Crippen molar-refractivity contribution in [3.8, 4) is 0 Å². The van der Waals surface area contributed by atoms with Gasteiger partial charge in [-0.05, 0) is 13.0 Å². The van der Waals surface area contributed by atoms with Crippen LogP contribution in [0, 0.1) is 6.92 Å². The highest BCUT2D eigenvalue weighted by atomic mass is 32.1. The smallest absolute Gasteiger partial charge is 0.317 e. The summed E-state index contributed by atoms with van der Waals surface area (Å²) in [5.41, 5.74) is 2.78. The molecule has 1 aliphatic heterocycles. The monoisotopic (exact) mass is 318 g/mol. The number of carbonyl (C=O) groups excluding carboxylic acids is 1. The summed E-state index contributed by atoms with van der Waals surface area (Å²) in [7, 11) is 0. The van der Waals surface area contributed by atoms with Crippen LogP contribution >= 0.6 is 11.3 Å². The number of aryl methyl sites for hydroxylation is 1. The SMILES string of the molecule is Cc1ncsc1CNC(=O)N1CCN(c2ncccn2)CC1. The Morgan fingerprint density at radius 3 is 2.59 bits per heavy atom. The molecule has 0 unspecified atom stereocenters. The van der Waals surface area contributed by atoms with Gasteiger partial charge in [-0.2, -0.15) is 0 Å². The quantitative estimate of drug-likeness (QED) is 0.922. The van der Waals surface area contributed by atoms with E-state index in [0.29, 0.717) is 19.6 Å². The summed E-state index contributed by atoms with van der Waals surface area (Å²) in [5.74, 6) is 0.725. The van der Waals surface area contributed by atoms with Crippen molar-refractivity contribution in [1.82, 2.24) is 25.2 Å². The summed E-state index contributed by atoms with van der Waals surface area (Å²) in [4.78, 5) is 29.9. The molecule has 116 valence electrons. The summed E-state index contributed by atoms with van der Waals surface area (Å²) in [5, 5.41) is 2.96. The molecule has 1 fully saturated rings. The topological polar surface area (TPSA) is 74.2 Å². The van der Waals surface area contributed by atoms with Gasteiger partial charge in [-0.15, -0.1) is 11.3 Å². The highest BCUT2D eigenvalue weighted by Gasteiger charge is 2.22. The molecule has 1 saturated heterocycles. The lowest BCUT2D eigenvalue weighted by Crippen LogP contribution is -2.52. The molecule has 3 heterocycles. The lowest BCUT2D eigenvalue weighted by Gasteiger charge is -2.34. The zero-order valence-electron chi connectivity index (χ0n) is 12.4. The van der Waals surface area contributed by atoms with Gasteiger partial charge in [-0.1, -0.05) is 0 Å². The fourth-order valence-electron chi connectivity index (χ4n) is 2.33. The van der Waals surface area contributed by atoms with E-state index in [1.54, 1.807) is 35.3 Å². The predicted molar refractivity (Wildman–Crippen MR) is 84.9 cm³/mol. The van der Waals surface area contributed by atoms with E-state index in [1.165, 1.54) is 0 Å². The van der Waals surface area contributed by atoms with Crippen LogP contribution in [0.4, 0.5) is 10.7 Å². The van der Waals surface area contributed by atoms with Crippen molar-refractivity contribution < 1.29 is 4.79 Å². The highest BCUT2D eigenvalue weighted by Crippen LogP contribution is 2.12. The molecule has 1 N–H and O–H groups in total. The van der Waals surface area contributed by atoms with Crippen LogP contribution < -0.4 is 10.2 Å². The Bertz CT molecular complexity index is 623. The molecule has 0 aliphatic carbocycles.